The number of nitrogens with one attached hydrogen (secondary N) is 2. The summed E-state index contributed by atoms with van der Waals surface area (Å²) in [6, 6.07) is 13.7. The predicted molar refractivity (Wildman–Crippen MR) is 128 cm³/mol. The van der Waals surface area contributed by atoms with Crippen molar-refractivity contribution in [3.63, 3.8) is 0 Å². The maximum absolute atomic E-state index is 11.1. The Morgan fingerprint density at radius 2 is 1.86 bits per heavy atom. The van der Waals surface area contributed by atoms with Crippen molar-refractivity contribution in [1.82, 2.24) is 9.80 Å². The molecule has 3 rings (SSSR count). The average molecular weight is 496 g/mol. The molecule has 1 aliphatic rings. The lowest BCUT2D eigenvalue weighted by Crippen LogP contribution is -2.37. The maximum Gasteiger partial charge on any atom is 0.221 e. The second kappa shape index (κ2) is 10.4. The number of hydrogen-bond donors (Lipinski definition) is 2. The van der Waals surface area contributed by atoms with Gasteiger partial charge in [-0.3, -0.25) is 9.69 Å². The number of anilines is 2. The van der Waals surface area contributed by atoms with Gasteiger partial charge in [-0.25, -0.2) is 0 Å². The van der Waals surface area contributed by atoms with E-state index in [0.717, 1.165) is 55.0 Å². The second-order valence-corrected chi connectivity index (χ2v) is 8.76. The highest BCUT2D eigenvalue weighted by molar-refractivity contribution is 9.10. The quantitative estimate of drug-likeness (QED) is 0.587. The van der Waals surface area contributed by atoms with Crippen LogP contribution >= 0.6 is 39.7 Å². The normalized spacial score (nSPS) is 14.9. The van der Waals surface area contributed by atoms with E-state index < -0.39 is 0 Å². The topological polar surface area (TPSA) is 47.6 Å². The van der Waals surface area contributed by atoms with E-state index in [1.807, 2.05) is 30.3 Å². The third kappa shape index (κ3) is 6.67. The summed E-state index contributed by atoms with van der Waals surface area (Å²) >= 11 is 15.3. The Balaban J connectivity index is 1.53. The van der Waals surface area contributed by atoms with Gasteiger partial charge < -0.3 is 15.5 Å². The summed E-state index contributed by atoms with van der Waals surface area (Å²) in [6.45, 7) is 6.13. The molecule has 0 saturated carbocycles. The Kier molecular flexibility index (Phi) is 7.89. The number of thiocarbonyl (C=S) groups is 1. The predicted octanol–water partition coefficient (Wildman–Crippen LogP) is 4.97. The molecule has 154 valence electrons. The standard InChI is InChI=1S/C21H24BrClN4OS/c1-15(28)24-18-6-3-16(4-7-18)14-26-9-2-10-27(12-11-26)21(29)25-20-8-5-17(22)13-19(20)23/h3-8,13H,2,9-12,14H2,1H3,(H,24,28)(H,25,29). The van der Waals surface area contributed by atoms with Gasteiger partial charge in [0, 0.05) is 49.8 Å². The average Bonchev–Trinajstić information content (AvgIpc) is 2.91. The van der Waals surface area contributed by atoms with Crippen molar-refractivity contribution < 1.29 is 4.79 Å². The minimum atomic E-state index is -0.0561. The van der Waals surface area contributed by atoms with Gasteiger partial charge in [-0.05, 0) is 54.5 Å². The Bertz CT molecular complexity index is 877. The van der Waals surface area contributed by atoms with Crippen molar-refractivity contribution in [1.29, 1.82) is 0 Å². The van der Waals surface area contributed by atoms with Gasteiger partial charge in [0.2, 0.25) is 5.91 Å². The lowest BCUT2D eigenvalue weighted by molar-refractivity contribution is -0.114. The molecule has 5 nitrogen and oxygen atoms in total. The van der Waals surface area contributed by atoms with Crippen molar-refractivity contribution in [2.24, 2.45) is 0 Å². The molecule has 0 aromatic heterocycles. The molecular weight excluding hydrogens is 472 g/mol. The number of carbonyl (C=O) groups is 1. The molecule has 0 radical (unpaired) electrons. The maximum atomic E-state index is 11.1. The molecule has 29 heavy (non-hydrogen) atoms. The third-order valence-electron chi connectivity index (χ3n) is 4.73. The van der Waals surface area contributed by atoms with Gasteiger partial charge >= 0.3 is 0 Å². The van der Waals surface area contributed by atoms with Gasteiger partial charge in [0.05, 0.1) is 10.7 Å². The number of hydrogen-bond acceptors (Lipinski definition) is 3. The first-order valence-electron chi connectivity index (χ1n) is 9.50. The molecule has 2 N–H and O–H groups in total. The van der Waals surface area contributed by atoms with Gasteiger partial charge in [-0.2, -0.15) is 0 Å². The Morgan fingerprint density at radius 1 is 1.10 bits per heavy atom. The largest absolute Gasteiger partial charge is 0.348 e. The van der Waals surface area contributed by atoms with Crippen LogP contribution in [-0.2, 0) is 11.3 Å². The van der Waals surface area contributed by atoms with E-state index in [0.29, 0.717) is 10.1 Å². The highest BCUT2D eigenvalue weighted by Gasteiger charge is 2.18. The van der Waals surface area contributed by atoms with E-state index in [-0.39, 0.29) is 5.91 Å². The molecule has 0 bridgehead atoms. The lowest BCUT2D eigenvalue weighted by Gasteiger charge is -2.25. The van der Waals surface area contributed by atoms with E-state index in [9.17, 15) is 4.79 Å². The number of benzene rings is 2. The van der Waals surface area contributed by atoms with Crippen LogP contribution < -0.4 is 10.6 Å². The van der Waals surface area contributed by atoms with Gasteiger partial charge in [0.15, 0.2) is 5.11 Å². The lowest BCUT2D eigenvalue weighted by atomic mass is 10.2. The zero-order valence-electron chi connectivity index (χ0n) is 16.3. The number of nitrogens with zero attached hydrogens (tertiary/aromatic N) is 2. The van der Waals surface area contributed by atoms with Crippen LogP contribution in [0.4, 0.5) is 11.4 Å². The molecule has 1 amide bonds. The third-order valence-corrected chi connectivity index (χ3v) is 5.90. The van der Waals surface area contributed by atoms with E-state index in [4.69, 9.17) is 23.8 Å². The first-order valence-corrected chi connectivity index (χ1v) is 11.1. The van der Waals surface area contributed by atoms with Crippen LogP contribution in [0.5, 0.6) is 0 Å². The number of halogens is 2. The molecule has 2 aromatic rings. The van der Waals surface area contributed by atoms with Crippen molar-refractivity contribution >= 4 is 62.1 Å². The van der Waals surface area contributed by atoms with Crippen LogP contribution in [0.15, 0.2) is 46.9 Å². The van der Waals surface area contributed by atoms with Crippen molar-refractivity contribution in [3.8, 4) is 0 Å². The smallest absolute Gasteiger partial charge is 0.221 e. The number of amides is 1. The summed E-state index contributed by atoms with van der Waals surface area (Å²) in [6.07, 6.45) is 1.04. The summed E-state index contributed by atoms with van der Waals surface area (Å²) < 4.78 is 0.939. The molecular formula is C21H24BrClN4OS. The SMILES string of the molecule is CC(=O)Nc1ccc(CN2CCCN(C(=S)Nc3ccc(Br)cc3Cl)CC2)cc1. The van der Waals surface area contributed by atoms with Gasteiger partial charge in [-0.15, -0.1) is 0 Å². The first-order chi connectivity index (χ1) is 13.9. The molecule has 0 unspecified atom stereocenters. The fourth-order valence-electron chi connectivity index (χ4n) is 3.27. The molecule has 8 heteroatoms. The van der Waals surface area contributed by atoms with E-state index in [2.05, 4.69) is 48.5 Å². The molecule has 0 spiro atoms. The monoisotopic (exact) mass is 494 g/mol. The zero-order chi connectivity index (χ0) is 20.8. The summed E-state index contributed by atoms with van der Waals surface area (Å²) in [7, 11) is 0. The Morgan fingerprint density at radius 3 is 2.55 bits per heavy atom. The number of rotatable bonds is 4. The summed E-state index contributed by atoms with van der Waals surface area (Å²) in [5, 5.41) is 7.42. The summed E-state index contributed by atoms with van der Waals surface area (Å²) in [5.41, 5.74) is 2.88. The fraction of sp³-hybridized carbons (Fsp3) is 0.333. The van der Waals surface area contributed by atoms with Crippen LogP contribution in [0.1, 0.15) is 18.9 Å². The van der Waals surface area contributed by atoms with Crippen molar-refractivity contribution in [3.05, 3.63) is 57.5 Å². The zero-order valence-corrected chi connectivity index (χ0v) is 19.4. The fourth-order valence-corrected chi connectivity index (χ4v) is 4.29. The molecule has 0 atom stereocenters. The molecule has 0 aliphatic carbocycles. The van der Waals surface area contributed by atoms with Crippen molar-refractivity contribution in [2.45, 2.75) is 19.9 Å². The highest BCUT2D eigenvalue weighted by atomic mass is 79.9. The molecule has 1 aliphatic heterocycles. The summed E-state index contributed by atoms with van der Waals surface area (Å²) in [5.74, 6) is -0.0561. The molecule has 1 fully saturated rings. The Hall–Kier alpha value is -1.67. The van der Waals surface area contributed by atoms with E-state index in [1.54, 1.807) is 0 Å². The van der Waals surface area contributed by atoms with E-state index in [1.165, 1.54) is 12.5 Å². The van der Waals surface area contributed by atoms with Crippen molar-refractivity contribution in [2.75, 3.05) is 36.8 Å². The van der Waals surface area contributed by atoms with Crippen LogP contribution in [0.2, 0.25) is 5.02 Å². The molecule has 2 aromatic carbocycles. The Labute approximate surface area is 190 Å². The minimum absolute atomic E-state index is 0.0561. The molecule has 1 saturated heterocycles. The second-order valence-electron chi connectivity index (χ2n) is 7.05. The van der Waals surface area contributed by atoms with Crippen LogP contribution in [0.3, 0.4) is 0 Å². The van der Waals surface area contributed by atoms with Gasteiger partial charge in [-0.1, -0.05) is 39.7 Å². The van der Waals surface area contributed by atoms with Crippen LogP contribution in [0, 0.1) is 0 Å². The van der Waals surface area contributed by atoms with Gasteiger partial charge in [0.25, 0.3) is 0 Å². The van der Waals surface area contributed by atoms with Gasteiger partial charge in [0.1, 0.15) is 0 Å². The number of carbonyl (C=O) groups excluding carboxylic acids is 1. The minimum Gasteiger partial charge on any atom is -0.348 e. The van der Waals surface area contributed by atoms with Crippen LogP contribution in [0.25, 0.3) is 0 Å². The van der Waals surface area contributed by atoms with Crippen LogP contribution in [-0.4, -0.2) is 47.0 Å². The highest BCUT2D eigenvalue weighted by Crippen LogP contribution is 2.26. The van der Waals surface area contributed by atoms with E-state index >= 15 is 0 Å². The molecule has 1 heterocycles. The first kappa shape index (κ1) is 22.0. The summed E-state index contributed by atoms with van der Waals surface area (Å²) in [4.78, 5) is 15.8.